The highest BCUT2D eigenvalue weighted by Crippen LogP contribution is 2.22. The minimum Gasteiger partial charge on any atom is -0.497 e. The third-order valence-electron chi connectivity index (χ3n) is 2.35. The molecule has 0 amide bonds. The van der Waals surface area contributed by atoms with Gasteiger partial charge in [0.2, 0.25) is 0 Å². The van der Waals surface area contributed by atoms with Crippen molar-refractivity contribution in [2.45, 2.75) is 11.9 Å². The number of alkyl halides is 1. The van der Waals surface area contributed by atoms with Gasteiger partial charge in [-0.1, -0.05) is 15.9 Å². The van der Waals surface area contributed by atoms with E-state index in [0.717, 1.165) is 15.8 Å². The van der Waals surface area contributed by atoms with Gasteiger partial charge in [0.25, 0.3) is 0 Å². The fourth-order valence-corrected chi connectivity index (χ4v) is 1.94. The van der Waals surface area contributed by atoms with E-state index in [1.807, 2.05) is 18.2 Å². The van der Waals surface area contributed by atoms with Crippen LogP contribution in [0.1, 0.15) is 5.56 Å². The molecule has 0 heterocycles. The number of carbonyl (C=O) groups excluding carboxylic acids is 1. The summed E-state index contributed by atoms with van der Waals surface area (Å²) in [6, 6.07) is 5.69. The summed E-state index contributed by atoms with van der Waals surface area (Å²) in [6.45, 7) is 0.926. The van der Waals surface area contributed by atoms with E-state index in [1.54, 1.807) is 7.11 Å². The standard InChI is InChI=1S/C12H15BrClNO3/c1-17-9-3-4-10(13)8(5-9)6-15-7-11(14)12(16)18-2/h3-5,11,15H,6-7H2,1-2H3. The van der Waals surface area contributed by atoms with Gasteiger partial charge >= 0.3 is 5.97 Å². The molecule has 100 valence electrons. The van der Waals surface area contributed by atoms with Crippen LogP contribution < -0.4 is 10.1 Å². The number of halogens is 2. The maximum atomic E-state index is 11.1. The van der Waals surface area contributed by atoms with Crippen LogP contribution in [0.3, 0.4) is 0 Å². The van der Waals surface area contributed by atoms with Gasteiger partial charge in [-0.25, -0.2) is 0 Å². The van der Waals surface area contributed by atoms with E-state index >= 15 is 0 Å². The van der Waals surface area contributed by atoms with Gasteiger partial charge < -0.3 is 14.8 Å². The Morgan fingerprint density at radius 2 is 2.22 bits per heavy atom. The third kappa shape index (κ3) is 4.48. The summed E-state index contributed by atoms with van der Waals surface area (Å²) >= 11 is 9.27. The number of hydrogen-bond donors (Lipinski definition) is 1. The van der Waals surface area contributed by atoms with Crippen molar-refractivity contribution in [2.75, 3.05) is 20.8 Å². The highest BCUT2D eigenvalue weighted by atomic mass is 79.9. The van der Waals surface area contributed by atoms with Crippen molar-refractivity contribution in [1.82, 2.24) is 5.32 Å². The number of benzene rings is 1. The largest absolute Gasteiger partial charge is 0.497 e. The molecule has 1 rings (SSSR count). The molecule has 1 aromatic rings. The summed E-state index contributed by atoms with van der Waals surface area (Å²) in [4.78, 5) is 11.1. The van der Waals surface area contributed by atoms with Crippen LogP contribution in [0.15, 0.2) is 22.7 Å². The highest BCUT2D eigenvalue weighted by molar-refractivity contribution is 9.10. The van der Waals surface area contributed by atoms with Crippen molar-refractivity contribution in [3.63, 3.8) is 0 Å². The Hall–Kier alpha value is -0.780. The molecule has 0 fully saturated rings. The predicted molar refractivity (Wildman–Crippen MR) is 74.1 cm³/mol. The van der Waals surface area contributed by atoms with Crippen molar-refractivity contribution in [3.05, 3.63) is 28.2 Å². The predicted octanol–water partition coefficient (Wildman–Crippen LogP) is 2.33. The highest BCUT2D eigenvalue weighted by Gasteiger charge is 2.14. The Balaban J connectivity index is 2.50. The van der Waals surface area contributed by atoms with E-state index in [9.17, 15) is 4.79 Å². The smallest absolute Gasteiger partial charge is 0.325 e. The molecule has 0 saturated carbocycles. The lowest BCUT2D eigenvalue weighted by atomic mass is 10.2. The van der Waals surface area contributed by atoms with Crippen molar-refractivity contribution < 1.29 is 14.3 Å². The second-order valence-corrected chi connectivity index (χ2v) is 4.96. The molecule has 0 aliphatic heterocycles. The molecule has 0 spiro atoms. The molecule has 0 aromatic heterocycles. The average Bonchev–Trinajstić information content (AvgIpc) is 2.39. The Kier molecular flexibility index (Phi) is 6.46. The Morgan fingerprint density at radius 3 is 2.83 bits per heavy atom. The Bertz CT molecular complexity index is 414. The van der Waals surface area contributed by atoms with Crippen molar-refractivity contribution >= 4 is 33.5 Å². The number of ether oxygens (including phenoxy) is 2. The SMILES string of the molecule is COC(=O)C(Cl)CNCc1cc(OC)ccc1Br. The fourth-order valence-electron chi connectivity index (χ4n) is 1.36. The lowest BCUT2D eigenvalue weighted by Crippen LogP contribution is -2.29. The second kappa shape index (κ2) is 7.61. The first-order valence-corrected chi connectivity index (χ1v) is 6.56. The molecule has 1 N–H and O–H groups in total. The summed E-state index contributed by atoms with van der Waals surface area (Å²) < 4.78 is 10.7. The first-order chi connectivity index (χ1) is 8.58. The van der Waals surface area contributed by atoms with Gasteiger partial charge in [0.15, 0.2) is 0 Å². The van der Waals surface area contributed by atoms with E-state index in [-0.39, 0.29) is 0 Å². The van der Waals surface area contributed by atoms with Gasteiger partial charge in [0.1, 0.15) is 11.1 Å². The number of carbonyl (C=O) groups is 1. The summed E-state index contributed by atoms with van der Waals surface area (Å²) in [5, 5.41) is 2.41. The molecule has 0 bridgehead atoms. The lowest BCUT2D eigenvalue weighted by molar-refractivity contribution is -0.140. The molecule has 1 unspecified atom stereocenters. The number of methoxy groups -OCH3 is 2. The van der Waals surface area contributed by atoms with Crippen LogP contribution in [-0.2, 0) is 16.1 Å². The van der Waals surface area contributed by atoms with Gasteiger partial charge in [-0.15, -0.1) is 11.6 Å². The molecule has 0 radical (unpaired) electrons. The molecule has 1 atom stereocenters. The Labute approximate surface area is 120 Å². The van der Waals surface area contributed by atoms with Crippen molar-refractivity contribution in [2.24, 2.45) is 0 Å². The molecule has 0 aliphatic carbocycles. The Morgan fingerprint density at radius 1 is 1.50 bits per heavy atom. The minimum absolute atomic E-state index is 0.345. The summed E-state index contributed by atoms with van der Waals surface area (Å²) in [6.07, 6.45) is 0. The zero-order valence-electron chi connectivity index (χ0n) is 10.2. The first kappa shape index (κ1) is 15.3. The molecular weight excluding hydrogens is 321 g/mol. The van der Waals surface area contributed by atoms with Crippen LogP contribution in [0.4, 0.5) is 0 Å². The molecular formula is C12H15BrClNO3. The van der Waals surface area contributed by atoms with E-state index in [1.165, 1.54) is 7.11 Å². The number of hydrogen-bond acceptors (Lipinski definition) is 4. The van der Waals surface area contributed by atoms with Crippen LogP contribution >= 0.6 is 27.5 Å². The van der Waals surface area contributed by atoms with E-state index in [0.29, 0.717) is 13.1 Å². The first-order valence-electron chi connectivity index (χ1n) is 5.33. The maximum Gasteiger partial charge on any atom is 0.325 e. The van der Waals surface area contributed by atoms with Gasteiger partial charge in [-0.3, -0.25) is 4.79 Å². The van der Waals surface area contributed by atoms with Crippen LogP contribution in [0.25, 0.3) is 0 Å². The van der Waals surface area contributed by atoms with E-state index < -0.39 is 11.3 Å². The number of esters is 1. The van der Waals surface area contributed by atoms with Gasteiger partial charge in [-0.05, 0) is 23.8 Å². The average molecular weight is 337 g/mol. The number of nitrogens with one attached hydrogen (secondary N) is 1. The fraction of sp³-hybridized carbons (Fsp3) is 0.417. The van der Waals surface area contributed by atoms with Gasteiger partial charge in [0, 0.05) is 17.6 Å². The minimum atomic E-state index is -0.681. The lowest BCUT2D eigenvalue weighted by Gasteiger charge is -2.11. The molecule has 1 aromatic carbocycles. The molecule has 18 heavy (non-hydrogen) atoms. The summed E-state index contributed by atoms with van der Waals surface area (Å²) in [5.74, 6) is 0.347. The van der Waals surface area contributed by atoms with E-state index in [4.69, 9.17) is 16.3 Å². The quantitative estimate of drug-likeness (QED) is 0.640. The van der Waals surface area contributed by atoms with E-state index in [2.05, 4.69) is 26.0 Å². The van der Waals surface area contributed by atoms with Crippen LogP contribution in [0.2, 0.25) is 0 Å². The van der Waals surface area contributed by atoms with Crippen molar-refractivity contribution in [1.29, 1.82) is 0 Å². The van der Waals surface area contributed by atoms with Crippen LogP contribution in [0, 0.1) is 0 Å². The van der Waals surface area contributed by atoms with Gasteiger partial charge in [0.05, 0.1) is 14.2 Å². The zero-order chi connectivity index (χ0) is 13.5. The van der Waals surface area contributed by atoms with Crippen LogP contribution in [-0.4, -0.2) is 32.1 Å². The molecule has 0 aliphatic rings. The topological polar surface area (TPSA) is 47.6 Å². The monoisotopic (exact) mass is 335 g/mol. The molecule has 4 nitrogen and oxygen atoms in total. The number of rotatable bonds is 6. The van der Waals surface area contributed by atoms with Crippen molar-refractivity contribution in [3.8, 4) is 5.75 Å². The van der Waals surface area contributed by atoms with Gasteiger partial charge in [-0.2, -0.15) is 0 Å². The molecule has 0 saturated heterocycles. The summed E-state index contributed by atoms with van der Waals surface area (Å²) in [5.41, 5.74) is 1.03. The zero-order valence-corrected chi connectivity index (χ0v) is 12.5. The normalized spacial score (nSPS) is 12.0. The maximum absolute atomic E-state index is 11.1. The van der Waals surface area contributed by atoms with Crippen LogP contribution in [0.5, 0.6) is 5.75 Å². The third-order valence-corrected chi connectivity index (χ3v) is 3.45. The molecule has 6 heteroatoms. The summed E-state index contributed by atoms with van der Waals surface area (Å²) in [7, 11) is 2.93. The second-order valence-electron chi connectivity index (χ2n) is 3.58.